The first kappa shape index (κ1) is 14.5. The summed E-state index contributed by atoms with van der Waals surface area (Å²) in [6.07, 6.45) is 2.62. The van der Waals surface area contributed by atoms with Crippen LogP contribution in [0.1, 0.15) is 29.6 Å². The molecular formula is C14H18FN3O2. The zero-order valence-electron chi connectivity index (χ0n) is 11.1. The van der Waals surface area contributed by atoms with Crippen LogP contribution in [0.2, 0.25) is 0 Å². The molecule has 20 heavy (non-hydrogen) atoms. The van der Waals surface area contributed by atoms with Crippen molar-refractivity contribution in [1.82, 2.24) is 0 Å². The minimum atomic E-state index is -0.666. The molecule has 1 aromatic rings. The Morgan fingerprint density at radius 1 is 1.35 bits per heavy atom. The van der Waals surface area contributed by atoms with Gasteiger partial charge in [0.2, 0.25) is 11.8 Å². The molecule has 1 aromatic carbocycles. The third kappa shape index (κ3) is 2.96. The van der Waals surface area contributed by atoms with Gasteiger partial charge in [0.25, 0.3) is 0 Å². The number of benzene rings is 1. The van der Waals surface area contributed by atoms with E-state index in [2.05, 4.69) is 5.32 Å². The molecule has 5 N–H and O–H groups in total. The van der Waals surface area contributed by atoms with Crippen molar-refractivity contribution in [3.05, 3.63) is 29.6 Å². The summed E-state index contributed by atoms with van der Waals surface area (Å²) in [5, 5.41) is 2.53. The van der Waals surface area contributed by atoms with Gasteiger partial charge in [-0.2, -0.15) is 0 Å². The second-order valence-corrected chi connectivity index (χ2v) is 5.08. The molecule has 2 atom stereocenters. The number of carbonyl (C=O) groups excluding carboxylic acids is 2. The molecule has 0 heterocycles. The Bertz CT molecular complexity index is 533. The van der Waals surface area contributed by atoms with Crippen LogP contribution >= 0.6 is 0 Å². The zero-order valence-corrected chi connectivity index (χ0v) is 11.1. The number of hydrogen-bond acceptors (Lipinski definition) is 3. The smallest absolute Gasteiger partial charge is 0.248 e. The summed E-state index contributed by atoms with van der Waals surface area (Å²) in [6, 6.07) is 3.65. The Morgan fingerprint density at radius 2 is 2.10 bits per heavy atom. The lowest BCUT2D eigenvalue weighted by molar-refractivity contribution is -0.120. The minimum absolute atomic E-state index is 0.0195. The van der Waals surface area contributed by atoms with E-state index < -0.39 is 11.7 Å². The number of primary amides is 1. The van der Waals surface area contributed by atoms with E-state index in [1.54, 1.807) is 0 Å². The monoisotopic (exact) mass is 279 g/mol. The summed E-state index contributed by atoms with van der Waals surface area (Å²) in [5.74, 6) is -1.57. The summed E-state index contributed by atoms with van der Waals surface area (Å²) in [5.41, 5.74) is 10.9. The van der Waals surface area contributed by atoms with Crippen LogP contribution in [0.25, 0.3) is 0 Å². The van der Waals surface area contributed by atoms with E-state index in [-0.39, 0.29) is 29.0 Å². The van der Waals surface area contributed by atoms with Gasteiger partial charge in [0, 0.05) is 11.5 Å². The van der Waals surface area contributed by atoms with E-state index in [1.807, 2.05) is 0 Å². The summed E-state index contributed by atoms with van der Waals surface area (Å²) in [4.78, 5) is 23.2. The van der Waals surface area contributed by atoms with Gasteiger partial charge in [-0.25, -0.2) is 4.39 Å². The van der Waals surface area contributed by atoms with Crippen LogP contribution in [0.3, 0.4) is 0 Å². The SMILES string of the molecule is NCC1CCCC1C(=O)Nc1cc(C(N)=O)ccc1F. The number of hydrogen-bond donors (Lipinski definition) is 3. The molecule has 0 saturated heterocycles. The normalized spacial score (nSPS) is 21.7. The van der Waals surface area contributed by atoms with E-state index in [0.29, 0.717) is 6.54 Å². The molecule has 1 aliphatic rings. The van der Waals surface area contributed by atoms with Crippen LogP contribution in [0.4, 0.5) is 10.1 Å². The van der Waals surface area contributed by atoms with Crippen molar-refractivity contribution >= 4 is 17.5 Å². The van der Waals surface area contributed by atoms with Crippen molar-refractivity contribution in [3.63, 3.8) is 0 Å². The summed E-state index contributed by atoms with van der Waals surface area (Å²) >= 11 is 0. The van der Waals surface area contributed by atoms with Crippen molar-refractivity contribution in [2.75, 3.05) is 11.9 Å². The molecule has 1 fully saturated rings. The fourth-order valence-electron chi connectivity index (χ4n) is 2.66. The largest absolute Gasteiger partial charge is 0.366 e. The van der Waals surface area contributed by atoms with Gasteiger partial charge in [-0.1, -0.05) is 6.42 Å². The number of carbonyl (C=O) groups is 2. The predicted molar refractivity (Wildman–Crippen MR) is 73.4 cm³/mol. The molecule has 1 saturated carbocycles. The lowest BCUT2D eigenvalue weighted by atomic mass is 9.95. The van der Waals surface area contributed by atoms with Crippen molar-refractivity contribution < 1.29 is 14.0 Å². The topological polar surface area (TPSA) is 98.2 Å². The van der Waals surface area contributed by atoms with Crippen molar-refractivity contribution in [3.8, 4) is 0 Å². The first-order chi connectivity index (χ1) is 9.52. The second-order valence-electron chi connectivity index (χ2n) is 5.08. The molecule has 2 rings (SSSR count). The Hall–Kier alpha value is -1.95. The van der Waals surface area contributed by atoms with Crippen LogP contribution in [-0.2, 0) is 4.79 Å². The van der Waals surface area contributed by atoms with E-state index in [1.165, 1.54) is 12.1 Å². The van der Waals surface area contributed by atoms with Gasteiger partial charge in [0.15, 0.2) is 0 Å². The average molecular weight is 279 g/mol. The number of nitrogens with one attached hydrogen (secondary N) is 1. The molecule has 0 aromatic heterocycles. The highest BCUT2D eigenvalue weighted by atomic mass is 19.1. The van der Waals surface area contributed by atoms with Gasteiger partial charge >= 0.3 is 0 Å². The number of rotatable bonds is 4. The van der Waals surface area contributed by atoms with Crippen molar-refractivity contribution in [2.24, 2.45) is 23.3 Å². The highest BCUT2D eigenvalue weighted by Gasteiger charge is 2.32. The maximum absolute atomic E-state index is 13.7. The molecule has 5 nitrogen and oxygen atoms in total. The molecule has 0 aliphatic heterocycles. The van der Waals surface area contributed by atoms with E-state index in [9.17, 15) is 14.0 Å². The zero-order chi connectivity index (χ0) is 14.7. The van der Waals surface area contributed by atoms with Gasteiger partial charge < -0.3 is 16.8 Å². The quantitative estimate of drug-likeness (QED) is 0.773. The lowest BCUT2D eigenvalue weighted by Crippen LogP contribution is -2.30. The molecule has 6 heteroatoms. The highest BCUT2D eigenvalue weighted by molar-refractivity contribution is 5.97. The molecule has 2 unspecified atom stereocenters. The number of nitrogens with two attached hydrogens (primary N) is 2. The van der Waals surface area contributed by atoms with Crippen molar-refractivity contribution in [1.29, 1.82) is 0 Å². The predicted octanol–water partition coefficient (Wildman–Crippen LogP) is 1.24. The van der Waals surface area contributed by atoms with Gasteiger partial charge in [-0.05, 0) is 43.5 Å². The first-order valence-electron chi connectivity index (χ1n) is 6.63. The summed E-state index contributed by atoms with van der Waals surface area (Å²) < 4.78 is 13.7. The van der Waals surface area contributed by atoms with Crippen LogP contribution < -0.4 is 16.8 Å². The van der Waals surface area contributed by atoms with Gasteiger partial charge in [0.1, 0.15) is 5.82 Å². The van der Waals surface area contributed by atoms with Gasteiger partial charge in [-0.15, -0.1) is 0 Å². The Labute approximate surface area is 116 Å². The van der Waals surface area contributed by atoms with E-state index in [4.69, 9.17) is 11.5 Å². The number of halogens is 1. The molecular weight excluding hydrogens is 261 g/mol. The highest BCUT2D eigenvalue weighted by Crippen LogP contribution is 2.32. The van der Waals surface area contributed by atoms with Gasteiger partial charge in [0.05, 0.1) is 5.69 Å². The van der Waals surface area contributed by atoms with Gasteiger partial charge in [-0.3, -0.25) is 9.59 Å². The molecule has 2 amide bonds. The Kier molecular flexibility index (Phi) is 4.34. The Morgan fingerprint density at radius 3 is 2.75 bits per heavy atom. The summed E-state index contributed by atoms with van der Waals surface area (Å²) in [6.45, 7) is 0.446. The van der Waals surface area contributed by atoms with Crippen LogP contribution in [0, 0.1) is 17.7 Å². The molecule has 1 aliphatic carbocycles. The Balaban J connectivity index is 2.15. The summed E-state index contributed by atoms with van der Waals surface area (Å²) in [7, 11) is 0. The van der Waals surface area contributed by atoms with Crippen LogP contribution in [0.5, 0.6) is 0 Å². The third-order valence-corrected chi connectivity index (χ3v) is 3.81. The standard InChI is InChI=1S/C14H18FN3O2/c15-11-5-4-8(13(17)19)6-12(11)18-14(20)10-3-1-2-9(10)7-16/h4-6,9-10H,1-3,7,16H2,(H2,17,19)(H,18,20). The van der Waals surface area contributed by atoms with E-state index in [0.717, 1.165) is 25.3 Å². The maximum Gasteiger partial charge on any atom is 0.248 e. The average Bonchev–Trinajstić information content (AvgIpc) is 2.89. The molecule has 0 radical (unpaired) electrons. The second kappa shape index (κ2) is 6.00. The maximum atomic E-state index is 13.7. The molecule has 0 bridgehead atoms. The van der Waals surface area contributed by atoms with E-state index >= 15 is 0 Å². The lowest BCUT2D eigenvalue weighted by Gasteiger charge is -2.17. The number of anilines is 1. The first-order valence-corrected chi connectivity index (χ1v) is 6.63. The van der Waals surface area contributed by atoms with Crippen LogP contribution in [0.15, 0.2) is 18.2 Å². The fourth-order valence-corrected chi connectivity index (χ4v) is 2.66. The third-order valence-electron chi connectivity index (χ3n) is 3.81. The minimum Gasteiger partial charge on any atom is -0.366 e. The van der Waals surface area contributed by atoms with Crippen molar-refractivity contribution in [2.45, 2.75) is 19.3 Å². The number of amides is 2. The molecule has 108 valence electrons. The van der Waals surface area contributed by atoms with Crippen LogP contribution in [-0.4, -0.2) is 18.4 Å². The molecule has 0 spiro atoms. The fraction of sp³-hybridized carbons (Fsp3) is 0.429.